The third kappa shape index (κ3) is 7.00. The molecule has 0 radical (unpaired) electrons. The van der Waals surface area contributed by atoms with E-state index in [1.165, 1.54) is 0 Å². The van der Waals surface area contributed by atoms with E-state index in [0.29, 0.717) is 29.4 Å². The predicted octanol–water partition coefficient (Wildman–Crippen LogP) is 3.37. The van der Waals surface area contributed by atoms with E-state index in [4.69, 9.17) is 17.0 Å². The Hall–Kier alpha value is -2.93. The maximum atomic E-state index is 12.2. The van der Waals surface area contributed by atoms with Crippen molar-refractivity contribution >= 4 is 29.1 Å². The predicted molar refractivity (Wildman–Crippen MR) is 113 cm³/mol. The fraction of sp³-hybridized carbons (Fsp3) is 0.286. The molecular formula is C21H25N3O3S. The molecule has 0 aliphatic heterocycles. The third-order valence-corrected chi connectivity index (χ3v) is 4.11. The summed E-state index contributed by atoms with van der Waals surface area (Å²) in [7, 11) is 0. The lowest BCUT2D eigenvalue weighted by atomic mass is 10.1. The Kier molecular flexibility index (Phi) is 7.95. The van der Waals surface area contributed by atoms with Crippen LogP contribution in [0.15, 0.2) is 48.5 Å². The quantitative estimate of drug-likeness (QED) is 0.513. The van der Waals surface area contributed by atoms with Crippen molar-refractivity contribution < 1.29 is 14.3 Å². The van der Waals surface area contributed by atoms with Gasteiger partial charge in [0, 0.05) is 11.1 Å². The van der Waals surface area contributed by atoms with Gasteiger partial charge in [-0.25, -0.2) is 0 Å². The van der Waals surface area contributed by atoms with Crippen molar-refractivity contribution in [3.63, 3.8) is 0 Å². The first-order chi connectivity index (χ1) is 13.3. The SMILES string of the molecule is Cc1ccc(C(=O)NNC(=S)NC(=O)c2ccc(OCCC(C)C)cc2)cc1. The topological polar surface area (TPSA) is 79.5 Å². The van der Waals surface area contributed by atoms with E-state index in [9.17, 15) is 9.59 Å². The Morgan fingerprint density at radius 2 is 1.50 bits per heavy atom. The van der Waals surface area contributed by atoms with E-state index in [-0.39, 0.29) is 16.9 Å². The molecule has 3 N–H and O–H groups in total. The smallest absolute Gasteiger partial charge is 0.269 e. The normalized spacial score (nSPS) is 10.3. The molecule has 6 nitrogen and oxygen atoms in total. The van der Waals surface area contributed by atoms with E-state index < -0.39 is 0 Å². The standard InChI is InChI=1S/C21H25N3O3S/c1-14(2)12-13-27-18-10-8-16(9-11-18)19(25)22-21(28)24-23-20(26)17-6-4-15(3)5-7-17/h4-11,14H,12-13H2,1-3H3,(H,23,26)(H2,22,24,25,28). The molecule has 2 rings (SSSR count). The van der Waals surface area contributed by atoms with Gasteiger partial charge in [0.1, 0.15) is 5.75 Å². The number of hydrazine groups is 1. The average molecular weight is 400 g/mol. The highest BCUT2D eigenvalue weighted by molar-refractivity contribution is 7.80. The lowest BCUT2D eigenvalue weighted by molar-refractivity contribution is 0.0934. The summed E-state index contributed by atoms with van der Waals surface area (Å²) in [6, 6.07) is 13.9. The number of hydrogen-bond donors (Lipinski definition) is 3. The number of thiocarbonyl (C=S) groups is 1. The molecule has 0 fully saturated rings. The first-order valence-corrected chi connectivity index (χ1v) is 9.47. The Morgan fingerprint density at radius 3 is 2.11 bits per heavy atom. The summed E-state index contributed by atoms with van der Waals surface area (Å²) in [5, 5.41) is 2.52. The molecule has 0 aliphatic carbocycles. The lowest BCUT2D eigenvalue weighted by Crippen LogP contribution is -2.48. The van der Waals surface area contributed by atoms with Crippen LogP contribution in [0.5, 0.6) is 5.75 Å². The first-order valence-electron chi connectivity index (χ1n) is 9.06. The van der Waals surface area contributed by atoms with E-state index in [2.05, 4.69) is 30.0 Å². The van der Waals surface area contributed by atoms with E-state index >= 15 is 0 Å². The van der Waals surface area contributed by atoms with Crippen LogP contribution in [0.2, 0.25) is 0 Å². The molecule has 148 valence electrons. The number of benzene rings is 2. The van der Waals surface area contributed by atoms with Gasteiger partial charge in [-0.2, -0.15) is 0 Å². The molecule has 0 heterocycles. The second kappa shape index (κ2) is 10.4. The molecule has 0 spiro atoms. The van der Waals surface area contributed by atoms with Gasteiger partial charge in [0.2, 0.25) is 0 Å². The molecule has 0 aromatic heterocycles. The molecule has 2 amide bonds. The monoisotopic (exact) mass is 399 g/mol. The summed E-state index contributed by atoms with van der Waals surface area (Å²) >= 11 is 5.04. The number of carbonyl (C=O) groups excluding carboxylic acids is 2. The summed E-state index contributed by atoms with van der Waals surface area (Å²) in [5.74, 6) is 0.559. The van der Waals surface area contributed by atoms with Crippen molar-refractivity contribution in [2.24, 2.45) is 5.92 Å². The number of nitrogens with one attached hydrogen (secondary N) is 3. The minimum absolute atomic E-state index is 0.00252. The van der Waals surface area contributed by atoms with E-state index in [0.717, 1.165) is 12.0 Å². The van der Waals surface area contributed by atoms with Crippen molar-refractivity contribution in [1.82, 2.24) is 16.2 Å². The van der Waals surface area contributed by atoms with Crippen molar-refractivity contribution in [3.8, 4) is 5.75 Å². The molecule has 7 heteroatoms. The molecule has 2 aromatic rings. The second-order valence-corrected chi connectivity index (χ2v) is 7.19. The second-order valence-electron chi connectivity index (χ2n) is 6.78. The van der Waals surface area contributed by atoms with Crippen LogP contribution in [0, 0.1) is 12.8 Å². The van der Waals surface area contributed by atoms with Gasteiger partial charge in [0.05, 0.1) is 6.61 Å². The molecule has 0 atom stereocenters. The first kappa shape index (κ1) is 21.4. The van der Waals surface area contributed by atoms with Gasteiger partial charge in [-0.3, -0.25) is 25.8 Å². The summed E-state index contributed by atoms with van der Waals surface area (Å²) in [6.45, 7) is 6.85. The van der Waals surface area contributed by atoms with Crippen LogP contribution < -0.4 is 20.9 Å². The van der Waals surface area contributed by atoms with Gasteiger partial charge in [0.15, 0.2) is 5.11 Å². The molecule has 2 aromatic carbocycles. The van der Waals surface area contributed by atoms with Gasteiger partial charge in [-0.05, 0) is 67.9 Å². The highest BCUT2D eigenvalue weighted by Crippen LogP contribution is 2.13. The zero-order valence-electron chi connectivity index (χ0n) is 16.2. The molecule has 0 saturated heterocycles. The number of amides is 2. The zero-order valence-corrected chi connectivity index (χ0v) is 17.1. The van der Waals surface area contributed by atoms with Gasteiger partial charge >= 0.3 is 0 Å². The van der Waals surface area contributed by atoms with Crippen LogP contribution in [0.4, 0.5) is 0 Å². The minimum atomic E-state index is -0.379. The number of carbonyl (C=O) groups is 2. The summed E-state index contributed by atoms with van der Waals surface area (Å²) in [6.07, 6.45) is 0.969. The van der Waals surface area contributed by atoms with Crippen molar-refractivity contribution in [2.45, 2.75) is 27.2 Å². The fourth-order valence-corrected chi connectivity index (χ4v) is 2.36. The van der Waals surface area contributed by atoms with Gasteiger partial charge in [-0.1, -0.05) is 31.5 Å². The van der Waals surface area contributed by atoms with Crippen molar-refractivity contribution in [2.75, 3.05) is 6.61 Å². The number of ether oxygens (including phenoxy) is 1. The van der Waals surface area contributed by atoms with Gasteiger partial charge in [-0.15, -0.1) is 0 Å². The van der Waals surface area contributed by atoms with Gasteiger partial charge < -0.3 is 4.74 Å². The Bertz CT molecular complexity index is 818. The van der Waals surface area contributed by atoms with Crippen LogP contribution >= 0.6 is 12.2 Å². The van der Waals surface area contributed by atoms with Crippen molar-refractivity contribution in [1.29, 1.82) is 0 Å². The fourth-order valence-electron chi connectivity index (χ4n) is 2.21. The number of hydrogen-bond acceptors (Lipinski definition) is 4. The van der Waals surface area contributed by atoms with Crippen molar-refractivity contribution in [3.05, 3.63) is 65.2 Å². The average Bonchev–Trinajstić information content (AvgIpc) is 2.67. The maximum Gasteiger partial charge on any atom is 0.269 e. The van der Waals surface area contributed by atoms with Gasteiger partial charge in [0.25, 0.3) is 11.8 Å². The maximum absolute atomic E-state index is 12.2. The summed E-state index contributed by atoms with van der Waals surface area (Å²) in [5.41, 5.74) is 6.95. The third-order valence-electron chi connectivity index (χ3n) is 3.91. The molecule has 28 heavy (non-hydrogen) atoms. The lowest BCUT2D eigenvalue weighted by Gasteiger charge is -2.11. The van der Waals surface area contributed by atoms with E-state index in [1.807, 2.05) is 19.1 Å². The zero-order chi connectivity index (χ0) is 20.5. The number of rotatable bonds is 6. The van der Waals surface area contributed by atoms with Crippen LogP contribution in [-0.4, -0.2) is 23.5 Å². The van der Waals surface area contributed by atoms with E-state index in [1.54, 1.807) is 36.4 Å². The summed E-state index contributed by atoms with van der Waals surface area (Å²) < 4.78 is 5.63. The molecule has 0 aliphatic rings. The Balaban J connectivity index is 1.79. The highest BCUT2D eigenvalue weighted by Gasteiger charge is 2.10. The molecule has 0 unspecified atom stereocenters. The van der Waals surface area contributed by atoms with Crippen LogP contribution in [0.3, 0.4) is 0 Å². The minimum Gasteiger partial charge on any atom is -0.494 e. The highest BCUT2D eigenvalue weighted by atomic mass is 32.1. The van der Waals surface area contributed by atoms with Crippen LogP contribution in [-0.2, 0) is 0 Å². The van der Waals surface area contributed by atoms with Crippen LogP contribution in [0.25, 0.3) is 0 Å². The summed E-state index contributed by atoms with van der Waals surface area (Å²) in [4.78, 5) is 24.3. The molecule has 0 bridgehead atoms. The number of aryl methyl sites for hydroxylation is 1. The Labute approximate surface area is 170 Å². The van der Waals surface area contributed by atoms with Crippen LogP contribution in [0.1, 0.15) is 46.5 Å². The Morgan fingerprint density at radius 1 is 0.929 bits per heavy atom. The largest absolute Gasteiger partial charge is 0.494 e. The molecular weight excluding hydrogens is 374 g/mol. The molecule has 0 saturated carbocycles.